The van der Waals surface area contributed by atoms with Gasteiger partial charge in [-0.2, -0.15) is 10.1 Å². The van der Waals surface area contributed by atoms with Crippen LogP contribution >= 0.6 is 11.6 Å². The van der Waals surface area contributed by atoms with Crippen molar-refractivity contribution < 1.29 is 4.79 Å². The van der Waals surface area contributed by atoms with E-state index in [0.29, 0.717) is 41.6 Å². The zero-order valence-electron chi connectivity index (χ0n) is 16.0. The number of aromatic nitrogens is 2. The summed E-state index contributed by atoms with van der Waals surface area (Å²) >= 11 is 6.01. The maximum Gasteiger partial charge on any atom is 0.229 e. The van der Waals surface area contributed by atoms with Crippen LogP contribution < -0.4 is 21.7 Å². The minimum absolute atomic E-state index is 0.0668. The second-order valence-corrected chi connectivity index (χ2v) is 6.26. The van der Waals surface area contributed by atoms with E-state index in [1.807, 2.05) is 6.07 Å². The number of aliphatic imine (C=N–C) groups is 2. The number of guanidine groups is 1. The van der Waals surface area contributed by atoms with Crippen LogP contribution in [0, 0.1) is 0 Å². The molecule has 9 nitrogen and oxygen atoms in total. The van der Waals surface area contributed by atoms with E-state index in [4.69, 9.17) is 17.3 Å². The summed E-state index contributed by atoms with van der Waals surface area (Å²) < 4.78 is 0. The number of carbonyl (C=O) groups excluding carboxylic acids is 1. The molecular weight excluding hydrogens is 392 g/mol. The van der Waals surface area contributed by atoms with Crippen molar-refractivity contribution in [2.75, 3.05) is 23.7 Å². The number of nitrogens with two attached hydrogens (primary N) is 1. The van der Waals surface area contributed by atoms with E-state index in [2.05, 4.69) is 42.7 Å². The number of nitrogens with zero attached hydrogens (tertiary/aromatic N) is 4. The average molecular weight is 415 g/mol. The lowest BCUT2D eigenvalue weighted by molar-refractivity contribution is -0.118. The van der Waals surface area contributed by atoms with Crippen molar-refractivity contribution in [3.63, 3.8) is 0 Å². The van der Waals surface area contributed by atoms with Gasteiger partial charge in [-0.3, -0.25) is 4.79 Å². The van der Waals surface area contributed by atoms with Gasteiger partial charge in [0.25, 0.3) is 0 Å². The van der Waals surface area contributed by atoms with Gasteiger partial charge in [0, 0.05) is 36.9 Å². The van der Waals surface area contributed by atoms with Crippen molar-refractivity contribution in [1.82, 2.24) is 15.5 Å². The Morgan fingerprint density at radius 3 is 2.90 bits per heavy atom. The highest BCUT2D eigenvalue weighted by Crippen LogP contribution is 2.15. The van der Waals surface area contributed by atoms with Gasteiger partial charge in [0.2, 0.25) is 11.9 Å². The van der Waals surface area contributed by atoms with E-state index < -0.39 is 0 Å². The summed E-state index contributed by atoms with van der Waals surface area (Å²) in [5, 5.41) is 17.4. The molecule has 0 unspecified atom stereocenters. The first-order chi connectivity index (χ1) is 14.0. The molecule has 0 aliphatic rings. The number of carbonyl (C=O) groups is 1. The molecule has 29 heavy (non-hydrogen) atoms. The van der Waals surface area contributed by atoms with Crippen molar-refractivity contribution in [2.24, 2.45) is 15.7 Å². The van der Waals surface area contributed by atoms with Crippen LogP contribution in [-0.4, -0.2) is 41.0 Å². The van der Waals surface area contributed by atoms with Gasteiger partial charge < -0.3 is 21.7 Å². The number of amides is 1. The molecule has 0 aliphatic heterocycles. The Morgan fingerprint density at radius 2 is 2.17 bits per heavy atom. The summed E-state index contributed by atoms with van der Waals surface area (Å²) in [6.07, 6.45) is 3.59. The third-order valence-electron chi connectivity index (χ3n) is 3.54. The Bertz CT molecular complexity index is 913. The fraction of sp³-hybridized carbons (Fsp3) is 0.211. The summed E-state index contributed by atoms with van der Waals surface area (Å²) in [5.74, 6) is 0.854. The lowest BCUT2D eigenvalue weighted by atomic mass is 10.2. The number of nitrogens with one attached hydrogen (secondary N) is 3. The second kappa shape index (κ2) is 11.4. The van der Waals surface area contributed by atoms with E-state index >= 15 is 0 Å². The molecule has 0 radical (unpaired) electrons. The van der Waals surface area contributed by atoms with Crippen LogP contribution in [0.4, 0.5) is 11.5 Å². The first kappa shape index (κ1) is 21.8. The molecule has 0 bridgehead atoms. The molecular formula is C19H23ClN8O. The summed E-state index contributed by atoms with van der Waals surface area (Å²) in [6, 6.07) is 8.83. The van der Waals surface area contributed by atoms with Crippen molar-refractivity contribution in [1.29, 1.82) is 0 Å². The molecule has 5 N–H and O–H groups in total. The van der Waals surface area contributed by atoms with Gasteiger partial charge in [0.05, 0.1) is 11.8 Å². The first-order valence-electron chi connectivity index (χ1n) is 8.85. The summed E-state index contributed by atoms with van der Waals surface area (Å²) in [5.41, 5.74) is 7.47. The maximum atomic E-state index is 10.9. The van der Waals surface area contributed by atoms with Gasteiger partial charge in [-0.05, 0) is 30.7 Å². The molecule has 0 aliphatic carbocycles. The van der Waals surface area contributed by atoms with Crippen LogP contribution in [-0.2, 0) is 4.79 Å². The first-order valence-corrected chi connectivity index (χ1v) is 9.23. The number of benzene rings is 1. The molecule has 0 atom stereocenters. The molecule has 0 saturated heterocycles. The Balaban J connectivity index is 2.12. The minimum atomic E-state index is -0.0668. The molecule has 0 saturated carbocycles. The van der Waals surface area contributed by atoms with Gasteiger partial charge in [-0.25, -0.2) is 4.99 Å². The van der Waals surface area contributed by atoms with E-state index in [0.717, 1.165) is 0 Å². The van der Waals surface area contributed by atoms with Gasteiger partial charge >= 0.3 is 0 Å². The smallest absolute Gasteiger partial charge is 0.229 e. The molecule has 0 fully saturated rings. The number of hydrogen-bond acceptors (Lipinski definition) is 5. The number of hydrogen-bond donors (Lipinski definition) is 4. The van der Waals surface area contributed by atoms with Crippen LogP contribution in [0.5, 0.6) is 0 Å². The topological polar surface area (TPSA) is 130 Å². The van der Waals surface area contributed by atoms with Crippen molar-refractivity contribution in [3.05, 3.63) is 59.9 Å². The van der Waals surface area contributed by atoms with Crippen molar-refractivity contribution >= 4 is 40.8 Å². The van der Waals surface area contributed by atoms with Gasteiger partial charge in [-0.1, -0.05) is 24.2 Å². The summed E-state index contributed by atoms with van der Waals surface area (Å²) in [4.78, 5) is 19.4. The van der Waals surface area contributed by atoms with Gasteiger partial charge in [0.15, 0.2) is 5.82 Å². The number of anilines is 2. The quantitative estimate of drug-likeness (QED) is 0.298. The van der Waals surface area contributed by atoms with Gasteiger partial charge in [0.1, 0.15) is 5.84 Å². The highest BCUT2D eigenvalue weighted by Gasteiger charge is 2.10. The molecule has 0 spiro atoms. The third kappa shape index (κ3) is 7.59. The molecule has 2 aromatic rings. The van der Waals surface area contributed by atoms with E-state index in [1.54, 1.807) is 24.3 Å². The number of rotatable bonds is 8. The average Bonchev–Trinajstić information content (AvgIpc) is 2.68. The molecule has 1 aromatic heterocycles. The summed E-state index contributed by atoms with van der Waals surface area (Å²) in [6.45, 7) is 6.21. The molecule has 10 heteroatoms. The molecule has 1 aromatic carbocycles. The van der Waals surface area contributed by atoms with Crippen LogP contribution in [0.15, 0.2) is 59.3 Å². The zero-order valence-corrected chi connectivity index (χ0v) is 16.8. The highest BCUT2D eigenvalue weighted by atomic mass is 35.5. The van der Waals surface area contributed by atoms with E-state index in [9.17, 15) is 4.79 Å². The minimum Gasteiger partial charge on any atom is -0.383 e. The van der Waals surface area contributed by atoms with E-state index in [1.165, 1.54) is 19.3 Å². The SMILES string of the molecule is C=CN=C(N=C(N)c1ccnnc1NCCCNC(C)=O)Nc1cccc(Cl)c1. The standard InChI is InChI=1S/C19H23ClN8O/c1-3-22-19(26-15-7-4-6-14(20)12-15)27-17(21)16-8-11-25-28-18(16)24-10-5-9-23-13(2)29/h3-4,6-8,11-12H,1,5,9-10H2,2H3,(H,23,29)(H,24,28)(H3,21,22,26,27). The zero-order chi connectivity index (χ0) is 21.1. The lowest BCUT2D eigenvalue weighted by Gasteiger charge is -2.11. The Hall–Kier alpha value is -3.46. The molecule has 1 amide bonds. The summed E-state index contributed by atoms with van der Waals surface area (Å²) in [7, 11) is 0. The number of halogens is 1. The predicted molar refractivity (Wildman–Crippen MR) is 117 cm³/mol. The van der Waals surface area contributed by atoms with Crippen molar-refractivity contribution in [2.45, 2.75) is 13.3 Å². The van der Waals surface area contributed by atoms with E-state index in [-0.39, 0.29) is 17.7 Å². The molecule has 152 valence electrons. The van der Waals surface area contributed by atoms with Crippen LogP contribution in [0.3, 0.4) is 0 Å². The second-order valence-electron chi connectivity index (χ2n) is 5.82. The Morgan fingerprint density at radius 1 is 1.34 bits per heavy atom. The fourth-order valence-corrected chi connectivity index (χ4v) is 2.46. The largest absolute Gasteiger partial charge is 0.383 e. The van der Waals surface area contributed by atoms with Crippen LogP contribution in [0.25, 0.3) is 0 Å². The van der Waals surface area contributed by atoms with Gasteiger partial charge in [-0.15, -0.1) is 5.10 Å². The predicted octanol–water partition coefficient (Wildman–Crippen LogP) is 2.38. The van der Waals surface area contributed by atoms with Crippen LogP contribution in [0.1, 0.15) is 18.9 Å². The third-order valence-corrected chi connectivity index (χ3v) is 3.77. The monoisotopic (exact) mass is 414 g/mol. The van der Waals surface area contributed by atoms with Crippen LogP contribution in [0.2, 0.25) is 5.02 Å². The maximum absolute atomic E-state index is 10.9. The fourth-order valence-electron chi connectivity index (χ4n) is 2.27. The Kier molecular flexibility index (Phi) is 8.58. The molecule has 2 rings (SSSR count). The number of amidine groups is 1. The lowest BCUT2D eigenvalue weighted by Crippen LogP contribution is -2.24. The van der Waals surface area contributed by atoms with Crippen molar-refractivity contribution in [3.8, 4) is 0 Å². The Labute approximate surface area is 174 Å². The highest BCUT2D eigenvalue weighted by molar-refractivity contribution is 6.30. The molecule has 1 heterocycles. The normalized spacial score (nSPS) is 11.7.